The van der Waals surface area contributed by atoms with Crippen LogP contribution in [0, 0.1) is 17.7 Å². The first-order valence-electron chi connectivity index (χ1n) is 11.2. The lowest BCUT2D eigenvalue weighted by Crippen LogP contribution is -2.29. The summed E-state index contributed by atoms with van der Waals surface area (Å²) in [6, 6.07) is 14.1. The first kappa shape index (κ1) is 22.7. The second-order valence-electron chi connectivity index (χ2n) is 9.35. The van der Waals surface area contributed by atoms with E-state index in [0.29, 0.717) is 11.8 Å². The van der Waals surface area contributed by atoms with Crippen molar-refractivity contribution in [1.82, 2.24) is 4.98 Å². The van der Waals surface area contributed by atoms with Gasteiger partial charge in [0.2, 0.25) is 5.91 Å². The second-order valence-corrected chi connectivity index (χ2v) is 12.6. The molecule has 6 heteroatoms. The van der Waals surface area contributed by atoms with Crippen LogP contribution in [0.3, 0.4) is 0 Å². The van der Waals surface area contributed by atoms with Crippen LogP contribution in [0.15, 0.2) is 54.7 Å². The topological polar surface area (TPSA) is 59.1 Å². The Morgan fingerprint density at radius 1 is 1.06 bits per heavy atom. The summed E-state index contributed by atoms with van der Waals surface area (Å²) >= 11 is 0. The Bertz CT molecular complexity index is 1160. The molecular weight excluding hydrogens is 422 g/mol. The standard InChI is InChI=1S/C26H30FN2O2P/c1-17(26(30)29-21-9-11-22(12-10-21)32(2,3)31)18-4-6-19(7-5-18)23-14-15-28-25-13-8-20(27)16-24(23)25/h8-19H,4-7H2,1-3H3,(H,29,30)/t17-,18-,19+/m1/s1. The van der Waals surface area contributed by atoms with Crippen LogP contribution in [0.1, 0.15) is 44.1 Å². The van der Waals surface area contributed by atoms with Gasteiger partial charge in [-0.2, -0.15) is 0 Å². The number of carbonyl (C=O) groups is 1. The van der Waals surface area contributed by atoms with E-state index in [9.17, 15) is 13.8 Å². The number of benzene rings is 2. The van der Waals surface area contributed by atoms with E-state index in [1.165, 1.54) is 6.07 Å². The van der Waals surface area contributed by atoms with Crippen molar-refractivity contribution < 1.29 is 13.8 Å². The lowest BCUT2D eigenvalue weighted by molar-refractivity contribution is -0.121. The summed E-state index contributed by atoms with van der Waals surface area (Å²) in [5.41, 5.74) is 2.72. The van der Waals surface area contributed by atoms with Crippen LogP contribution in [0.4, 0.5) is 10.1 Å². The summed E-state index contributed by atoms with van der Waals surface area (Å²) in [5, 5.41) is 4.72. The minimum absolute atomic E-state index is 0.0220. The van der Waals surface area contributed by atoms with Crippen molar-refractivity contribution in [2.24, 2.45) is 11.8 Å². The minimum Gasteiger partial charge on any atom is -0.326 e. The summed E-state index contributed by atoms with van der Waals surface area (Å²) in [7, 11) is -2.30. The Hall–Kier alpha value is -2.52. The summed E-state index contributed by atoms with van der Waals surface area (Å²) in [6.07, 6.45) is 5.70. The third-order valence-electron chi connectivity index (χ3n) is 6.83. The zero-order valence-electron chi connectivity index (χ0n) is 18.8. The summed E-state index contributed by atoms with van der Waals surface area (Å²) in [4.78, 5) is 17.2. The maximum atomic E-state index is 13.8. The molecule has 0 unspecified atom stereocenters. The van der Waals surface area contributed by atoms with Crippen LogP contribution in [0.5, 0.6) is 0 Å². The van der Waals surface area contributed by atoms with E-state index in [-0.39, 0.29) is 17.6 Å². The molecular formula is C26H30FN2O2P. The quantitative estimate of drug-likeness (QED) is 0.471. The highest BCUT2D eigenvalue weighted by atomic mass is 31.2. The molecule has 4 nitrogen and oxygen atoms in total. The zero-order valence-corrected chi connectivity index (χ0v) is 19.7. The molecule has 1 atom stereocenters. The number of hydrogen-bond acceptors (Lipinski definition) is 3. The number of hydrogen-bond donors (Lipinski definition) is 1. The number of pyridine rings is 1. The van der Waals surface area contributed by atoms with Crippen molar-refractivity contribution in [3.05, 3.63) is 66.1 Å². The van der Waals surface area contributed by atoms with Gasteiger partial charge >= 0.3 is 0 Å². The summed E-state index contributed by atoms with van der Waals surface area (Å²) in [5.74, 6) is 0.376. The van der Waals surface area contributed by atoms with Gasteiger partial charge in [0.15, 0.2) is 0 Å². The van der Waals surface area contributed by atoms with Gasteiger partial charge in [0, 0.05) is 28.5 Å². The van der Waals surface area contributed by atoms with Crippen LogP contribution in [0.25, 0.3) is 10.9 Å². The summed E-state index contributed by atoms with van der Waals surface area (Å²) < 4.78 is 26.0. The molecule has 1 N–H and O–H groups in total. The first-order chi connectivity index (χ1) is 15.2. The smallest absolute Gasteiger partial charge is 0.227 e. The van der Waals surface area contributed by atoms with E-state index in [1.54, 1.807) is 31.7 Å². The molecule has 1 aliphatic carbocycles. The van der Waals surface area contributed by atoms with Gasteiger partial charge in [0.25, 0.3) is 0 Å². The fourth-order valence-electron chi connectivity index (χ4n) is 4.80. The molecule has 4 rings (SSSR count). The minimum atomic E-state index is -2.30. The molecule has 0 aliphatic heterocycles. The van der Waals surface area contributed by atoms with Gasteiger partial charge < -0.3 is 9.88 Å². The van der Waals surface area contributed by atoms with Crippen molar-refractivity contribution in [3.63, 3.8) is 0 Å². The largest absolute Gasteiger partial charge is 0.326 e. The van der Waals surface area contributed by atoms with Gasteiger partial charge in [-0.15, -0.1) is 0 Å². The SMILES string of the molecule is C[C@@H](C(=O)Nc1ccc(P(C)(C)=O)cc1)[C@H]1CC[C@@H](c2ccnc3ccc(F)cc32)CC1. The molecule has 0 saturated heterocycles. The number of nitrogens with zero attached hydrogens (tertiary/aromatic N) is 1. The van der Waals surface area contributed by atoms with E-state index >= 15 is 0 Å². The average molecular weight is 453 g/mol. The Morgan fingerprint density at radius 2 is 1.75 bits per heavy atom. The molecule has 0 bridgehead atoms. The molecule has 2 aromatic carbocycles. The molecule has 1 saturated carbocycles. The molecule has 0 spiro atoms. The number of nitrogens with one attached hydrogen (secondary N) is 1. The third-order valence-corrected chi connectivity index (χ3v) is 8.37. The van der Waals surface area contributed by atoms with E-state index in [0.717, 1.165) is 53.1 Å². The van der Waals surface area contributed by atoms with Gasteiger partial charge in [-0.1, -0.05) is 6.92 Å². The molecule has 1 amide bonds. The average Bonchev–Trinajstić information content (AvgIpc) is 2.78. The van der Waals surface area contributed by atoms with E-state index in [2.05, 4.69) is 10.3 Å². The highest BCUT2D eigenvalue weighted by molar-refractivity contribution is 7.70. The predicted molar refractivity (Wildman–Crippen MR) is 130 cm³/mol. The molecule has 1 aliphatic rings. The Balaban J connectivity index is 1.38. The number of rotatable bonds is 5. The lowest BCUT2D eigenvalue weighted by atomic mass is 9.73. The van der Waals surface area contributed by atoms with Crippen molar-refractivity contribution in [2.45, 2.75) is 38.5 Å². The van der Waals surface area contributed by atoms with Crippen molar-refractivity contribution in [2.75, 3.05) is 18.6 Å². The van der Waals surface area contributed by atoms with Crippen LogP contribution in [-0.4, -0.2) is 24.2 Å². The van der Waals surface area contributed by atoms with E-state index in [1.807, 2.05) is 37.3 Å². The van der Waals surface area contributed by atoms with E-state index in [4.69, 9.17) is 0 Å². The van der Waals surface area contributed by atoms with Crippen LogP contribution in [-0.2, 0) is 9.36 Å². The molecule has 168 valence electrons. The first-order valence-corrected chi connectivity index (χ1v) is 13.8. The maximum Gasteiger partial charge on any atom is 0.227 e. The van der Waals surface area contributed by atoms with Gasteiger partial charge in [0.05, 0.1) is 5.52 Å². The lowest BCUT2D eigenvalue weighted by Gasteiger charge is -2.32. The number of amides is 1. The molecule has 32 heavy (non-hydrogen) atoms. The van der Waals surface area contributed by atoms with Crippen LogP contribution in [0.2, 0.25) is 0 Å². The van der Waals surface area contributed by atoms with E-state index < -0.39 is 7.14 Å². The monoisotopic (exact) mass is 452 g/mol. The number of aromatic nitrogens is 1. The molecule has 1 heterocycles. The molecule has 1 fully saturated rings. The van der Waals surface area contributed by atoms with Gasteiger partial charge in [-0.25, -0.2) is 4.39 Å². The maximum absolute atomic E-state index is 13.8. The number of anilines is 1. The number of halogens is 1. The predicted octanol–water partition coefficient (Wildman–Crippen LogP) is 6.17. The van der Waals surface area contributed by atoms with Crippen molar-refractivity contribution in [3.8, 4) is 0 Å². The third kappa shape index (κ3) is 4.94. The summed E-state index contributed by atoms with van der Waals surface area (Å²) in [6.45, 7) is 5.48. The Morgan fingerprint density at radius 3 is 2.41 bits per heavy atom. The zero-order chi connectivity index (χ0) is 22.9. The number of fused-ring (bicyclic) bond motifs is 1. The molecule has 1 aromatic heterocycles. The molecule has 0 radical (unpaired) electrons. The highest BCUT2D eigenvalue weighted by Crippen LogP contribution is 2.41. The number of carbonyl (C=O) groups excluding carboxylic acids is 1. The van der Waals surface area contributed by atoms with Crippen LogP contribution < -0.4 is 10.6 Å². The fourth-order valence-corrected chi connectivity index (χ4v) is 5.67. The molecule has 3 aromatic rings. The second kappa shape index (κ2) is 9.15. The van der Waals surface area contributed by atoms with Crippen molar-refractivity contribution in [1.29, 1.82) is 0 Å². The van der Waals surface area contributed by atoms with Gasteiger partial charge in [-0.3, -0.25) is 9.78 Å². The van der Waals surface area contributed by atoms with Gasteiger partial charge in [0.1, 0.15) is 13.0 Å². The Kier molecular flexibility index (Phi) is 6.48. The Labute approximate surface area is 189 Å². The van der Waals surface area contributed by atoms with Gasteiger partial charge in [-0.05, 0) is 105 Å². The van der Waals surface area contributed by atoms with Crippen molar-refractivity contribution >= 4 is 34.9 Å². The fraction of sp³-hybridized carbons (Fsp3) is 0.385. The van der Waals surface area contributed by atoms with Crippen LogP contribution >= 0.6 is 7.14 Å². The normalized spacial score (nSPS) is 20.1. The highest BCUT2D eigenvalue weighted by Gasteiger charge is 2.30.